The SMILES string of the molecule is [B]c1nc(-c2ccccc2C)c2c(C)c(-c3ccccc3C)c(C)cc2c1C. The van der Waals surface area contributed by atoms with E-state index in [1.807, 2.05) is 0 Å². The Balaban J connectivity index is 2.18. The molecule has 136 valence electrons. The Kier molecular flexibility index (Phi) is 4.59. The molecular formula is C26H24BN. The molecule has 0 aliphatic rings. The van der Waals surface area contributed by atoms with E-state index in [-0.39, 0.29) is 0 Å². The fourth-order valence-corrected chi connectivity index (χ4v) is 4.28. The molecule has 0 amide bonds. The molecule has 1 heterocycles. The highest BCUT2D eigenvalue weighted by Crippen LogP contribution is 2.39. The number of hydrogen-bond acceptors (Lipinski definition) is 1. The van der Waals surface area contributed by atoms with Crippen molar-refractivity contribution in [2.45, 2.75) is 34.6 Å². The van der Waals surface area contributed by atoms with Gasteiger partial charge in [0, 0.05) is 10.9 Å². The lowest BCUT2D eigenvalue weighted by Crippen LogP contribution is -2.15. The predicted octanol–water partition coefficient (Wildman–Crippen LogP) is 5.90. The third kappa shape index (κ3) is 2.84. The van der Waals surface area contributed by atoms with Gasteiger partial charge in [-0.05, 0) is 84.5 Å². The molecule has 0 spiro atoms. The molecule has 0 atom stereocenters. The Morgan fingerprint density at radius 2 is 1.25 bits per heavy atom. The highest BCUT2D eigenvalue weighted by molar-refractivity contribution is 6.33. The molecule has 1 nitrogen and oxygen atoms in total. The summed E-state index contributed by atoms with van der Waals surface area (Å²) in [5, 5.41) is 2.39. The summed E-state index contributed by atoms with van der Waals surface area (Å²) in [6, 6.07) is 19.3. The number of aromatic nitrogens is 1. The third-order valence-electron chi connectivity index (χ3n) is 5.85. The molecule has 0 saturated carbocycles. The smallest absolute Gasteiger partial charge is 0.142 e. The standard InChI is InChI=1S/C26H24BN/c1-15-10-6-8-12-20(15)23-17(3)14-22-18(4)26(27)28-25(24(22)19(23)5)21-13-9-7-11-16(21)2/h6-14H,1-5H3. The summed E-state index contributed by atoms with van der Waals surface area (Å²) >= 11 is 0. The Hall–Kier alpha value is -2.87. The number of nitrogens with zero attached hydrogens (tertiary/aromatic N) is 1. The van der Waals surface area contributed by atoms with Crippen molar-refractivity contribution in [1.29, 1.82) is 0 Å². The maximum absolute atomic E-state index is 6.34. The lowest BCUT2D eigenvalue weighted by Gasteiger charge is -2.20. The predicted molar refractivity (Wildman–Crippen MR) is 122 cm³/mol. The van der Waals surface area contributed by atoms with Crippen molar-refractivity contribution < 1.29 is 0 Å². The maximum atomic E-state index is 6.34. The summed E-state index contributed by atoms with van der Waals surface area (Å²) in [5.41, 5.74) is 11.4. The fraction of sp³-hybridized carbons (Fsp3) is 0.192. The van der Waals surface area contributed by atoms with E-state index in [1.54, 1.807) is 0 Å². The number of hydrogen-bond donors (Lipinski definition) is 0. The molecule has 0 unspecified atom stereocenters. The molecule has 2 radical (unpaired) electrons. The average Bonchev–Trinajstić information content (AvgIpc) is 2.67. The summed E-state index contributed by atoms with van der Waals surface area (Å²) in [5.74, 6) is 0. The van der Waals surface area contributed by atoms with Crippen LogP contribution in [0.25, 0.3) is 33.2 Å². The van der Waals surface area contributed by atoms with Gasteiger partial charge in [0.2, 0.25) is 0 Å². The molecule has 0 fully saturated rings. The molecule has 0 aliphatic carbocycles. The van der Waals surface area contributed by atoms with Crippen molar-refractivity contribution in [3.8, 4) is 22.4 Å². The molecule has 0 saturated heterocycles. The zero-order valence-electron chi connectivity index (χ0n) is 17.2. The van der Waals surface area contributed by atoms with E-state index in [1.165, 1.54) is 44.2 Å². The molecule has 1 aromatic heterocycles. The number of benzene rings is 3. The highest BCUT2D eigenvalue weighted by Gasteiger charge is 2.18. The van der Waals surface area contributed by atoms with Crippen molar-refractivity contribution in [3.63, 3.8) is 0 Å². The lowest BCUT2D eigenvalue weighted by molar-refractivity contribution is 1.32. The van der Waals surface area contributed by atoms with Gasteiger partial charge in [-0.1, -0.05) is 54.6 Å². The quantitative estimate of drug-likeness (QED) is 0.405. The van der Waals surface area contributed by atoms with Crippen molar-refractivity contribution in [3.05, 3.63) is 82.4 Å². The van der Waals surface area contributed by atoms with Crippen LogP contribution in [-0.4, -0.2) is 12.8 Å². The normalized spacial score (nSPS) is 11.2. The Labute approximate surface area is 168 Å². The van der Waals surface area contributed by atoms with Crippen molar-refractivity contribution in [1.82, 2.24) is 4.98 Å². The van der Waals surface area contributed by atoms with Crippen LogP contribution in [0, 0.1) is 34.6 Å². The van der Waals surface area contributed by atoms with Gasteiger partial charge in [-0.25, -0.2) is 0 Å². The van der Waals surface area contributed by atoms with E-state index in [4.69, 9.17) is 12.8 Å². The van der Waals surface area contributed by atoms with Crippen LogP contribution in [0.1, 0.15) is 27.8 Å². The Bertz CT molecular complexity index is 1220. The molecule has 0 bridgehead atoms. The molecule has 4 aromatic rings. The van der Waals surface area contributed by atoms with Gasteiger partial charge >= 0.3 is 0 Å². The molecule has 2 heteroatoms. The van der Waals surface area contributed by atoms with Crippen LogP contribution in [0.2, 0.25) is 0 Å². The number of fused-ring (bicyclic) bond motifs is 1. The van der Waals surface area contributed by atoms with Crippen LogP contribution in [0.3, 0.4) is 0 Å². The van der Waals surface area contributed by atoms with Gasteiger partial charge < -0.3 is 0 Å². The first-order chi connectivity index (χ1) is 13.4. The molecule has 28 heavy (non-hydrogen) atoms. The van der Waals surface area contributed by atoms with Crippen LogP contribution in [0.15, 0.2) is 54.6 Å². The Morgan fingerprint density at radius 3 is 1.86 bits per heavy atom. The van der Waals surface area contributed by atoms with Crippen molar-refractivity contribution in [2.24, 2.45) is 0 Å². The van der Waals surface area contributed by atoms with E-state index in [2.05, 4.69) is 89.2 Å². The van der Waals surface area contributed by atoms with Gasteiger partial charge in [0.1, 0.15) is 7.85 Å². The van der Waals surface area contributed by atoms with Crippen LogP contribution >= 0.6 is 0 Å². The van der Waals surface area contributed by atoms with Gasteiger partial charge in [0.25, 0.3) is 0 Å². The van der Waals surface area contributed by atoms with Gasteiger partial charge in [-0.3, -0.25) is 4.98 Å². The summed E-state index contributed by atoms with van der Waals surface area (Å²) < 4.78 is 0. The van der Waals surface area contributed by atoms with Crippen molar-refractivity contribution in [2.75, 3.05) is 0 Å². The maximum Gasteiger partial charge on any atom is 0.142 e. The first kappa shape index (κ1) is 18.5. The zero-order valence-corrected chi connectivity index (χ0v) is 17.2. The van der Waals surface area contributed by atoms with E-state index in [0.717, 1.165) is 16.8 Å². The minimum absolute atomic E-state index is 0.605. The number of aryl methyl sites for hydroxylation is 5. The van der Waals surface area contributed by atoms with Crippen LogP contribution in [0.5, 0.6) is 0 Å². The first-order valence-electron chi connectivity index (χ1n) is 9.72. The second kappa shape index (κ2) is 6.94. The fourth-order valence-electron chi connectivity index (χ4n) is 4.28. The minimum Gasteiger partial charge on any atom is -0.263 e. The summed E-state index contributed by atoms with van der Waals surface area (Å²) in [4.78, 5) is 4.86. The topological polar surface area (TPSA) is 12.9 Å². The van der Waals surface area contributed by atoms with Gasteiger partial charge in [-0.2, -0.15) is 0 Å². The third-order valence-corrected chi connectivity index (χ3v) is 5.85. The molecule has 0 aliphatic heterocycles. The molecule has 4 rings (SSSR count). The zero-order chi connectivity index (χ0) is 20.0. The van der Waals surface area contributed by atoms with Crippen LogP contribution in [-0.2, 0) is 0 Å². The van der Waals surface area contributed by atoms with E-state index in [0.29, 0.717) is 5.59 Å². The van der Waals surface area contributed by atoms with Gasteiger partial charge in [0.15, 0.2) is 0 Å². The van der Waals surface area contributed by atoms with Gasteiger partial charge in [-0.15, -0.1) is 0 Å². The Morgan fingerprint density at radius 1 is 0.679 bits per heavy atom. The van der Waals surface area contributed by atoms with Crippen LogP contribution in [0.4, 0.5) is 0 Å². The molecule has 0 N–H and O–H groups in total. The second-order valence-corrected chi connectivity index (χ2v) is 7.72. The largest absolute Gasteiger partial charge is 0.263 e. The second-order valence-electron chi connectivity index (χ2n) is 7.72. The van der Waals surface area contributed by atoms with Gasteiger partial charge in [0.05, 0.1) is 5.69 Å². The minimum atomic E-state index is 0.605. The first-order valence-corrected chi connectivity index (χ1v) is 9.72. The summed E-state index contributed by atoms with van der Waals surface area (Å²) in [6.45, 7) is 10.8. The average molecular weight is 361 g/mol. The summed E-state index contributed by atoms with van der Waals surface area (Å²) in [6.07, 6.45) is 0. The van der Waals surface area contributed by atoms with E-state index in [9.17, 15) is 0 Å². The lowest BCUT2D eigenvalue weighted by atomic mass is 9.84. The van der Waals surface area contributed by atoms with E-state index >= 15 is 0 Å². The summed E-state index contributed by atoms with van der Waals surface area (Å²) in [7, 11) is 6.34. The van der Waals surface area contributed by atoms with E-state index < -0.39 is 0 Å². The molecular weight excluding hydrogens is 337 g/mol. The monoisotopic (exact) mass is 361 g/mol. The highest BCUT2D eigenvalue weighted by atomic mass is 14.7. The molecule has 3 aromatic carbocycles. The van der Waals surface area contributed by atoms with Crippen molar-refractivity contribution >= 4 is 24.2 Å². The number of rotatable bonds is 2. The number of pyridine rings is 1. The van der Waals surface area contributed by atoms with Crippen LogP contribution < -0.4 is 5.59 Å².